The second kappa shape index (κ2) is 5.20. The lowest BCUT2D eigenvalue weighted by atomic mass is 10.3. The maximum absolute atomic E-state index is 11.7. The van der Waals surface area contributed by atoms with Gasteiger partial charge in [-0.2, -0.15) is 0 Å². The van der Waals surface area contributed by atoms with Crippen molar-refractivity contribution in [3.63, 3.8) is 0 Å². The van der Waals surface area contributed by atoms with Crippen LogP contribution in [0.4, 0.5) is 5.69 Å². The summed E-state index contributed by atoms with van der Waals surface area (Å²) in [5.41, 5.74) is 0.823. The van der Waals surface area contributed by atoms with E-state index in [1.807, 2.05) is 37.3 Å². The minimum atomic E-state index is -0.219. The minimum Gasteiger partial charge on any atom is -0.489 e. The summed E-state index contributed by atoms with van der Waals surface area (Å²) < 4.78 is 5.06. The van der Waals surface area contributed by atoms with E-state index in [-0.39, 0.29) is 11.7 Å². The molecule has 3 heteroatoms. The fraction of sp³-hybridized carbons (Fsp3) is 0.250. The predicted octanol–water partition coefficient (Wildman–Crippen LogP) is 2.20. The molecular formula is C12H15NO2. The number of carbonyl (C=O) groups excluding carboxylic acids is 1. The van der Waals surface area contributed by atoms with Crippen molar-refractivity contribution in [2.75, 3.05) is 18.6 Å². The first kappa shape index (κ1) is 11.3. The zero-order chi connectivity index (χ0) is 11.3. The van der Waals surface area contributed by atoms with Crippen molar-refractivity contribution in [2.45, 2.75) is 6.92 Å². The summed E-state index contributed by atoms with van der Waals surface area (Å²) in [7, 11) is 1.70. The van der Waals surface area contributed by atoms with Crippen LogP contribution in [0, 0.1) is 0 Å². The summed E-state index contributed by atoms with van der Waals surface area (Å²) in [6, 6.07) is 9.37. The molecule has 1 amide bonds. The Balaban J connectivity index is 2.73. The number of rotatable bonds is 4. The Morgan fingerprint density at radius 1 is 1.40 bits per heavy atom. The molecule has 15 heavy (non-hydrogen) atoms. The fourth-order valence-corrected chi connectivity index (χ4v) is 1.19. The quantitative estimate of drug-likeness (QED) is 0.557. The lowest BCUT2D eigenvalue weighted by molar-refractivity contribution is -0.118. The van der Waals surface area contributed by atoms with Crippen LogP contribution in [0.1, 0.15) is 6.92 Å². The molecule has 0 saturated carbocycles. The van der Waals surface area contributed by atoms with E-state index in [0.717, 1.165) is 5.69 Å². The monoisotopic (exact) mass is 205 g/mol. The first-order valence-electron chi connectivity index (χ1n) is 4.81. The smallest absolute Gasteiger partial charge is 0.292 e. The van der Waals surface area contributed by atoms with E-state index in [0.29, 0.717) is 6.61 Å². The van der Waals surface area contributed by atoms with Crippen LogP contribution in [0.2, 0.25) is 0 Å². The van der Waals surface area contributed by atoms with Crippen LogP contribution < -0.4 is 4.90 Å². The number of hydrogen-bond acceptors (Lipinski definition) is 2. The van der Waals surface area contributed by atoms with Gasteiger partial charge in [-0.15, -0.1) is 0 Å². The Hall–Kier alpha value is -1.77. The third-order valence-electron chi connectivity index (χ3n) is 2.01. The van der Waals surface area contributed by atoms with Crippen molar-refractivity contribution in [1.29, 1.82) is 0 Å². The van der Waals surface area contributed by atoms with Crippen LogP contribution in [0.15, 0.2) is 42.7 Å². The van der Waals surface area contributed by atoms with Gasteiger partial charge in [0.05, 0.1) is 6.61 Å². The normalized spacial score (nSPS) is 9.47. The molecule has 0 bridgehead atoms. The highest BCUT2D eigenvalue weighted by molar-refractivity contribution is 6.03. The Morgan fingerprint density at radius 3 is 2.53 bits per heavy atom. The lowest BCUT2D eigenvalue weighted by Gasteiger charge is -2.18. The molecule has 0 aliphatic heterocycles. The van der Waals surface area contributed by atoms with Gasteiger partial charge in [0.25, 0.3) is 5.91 Å². The lowest BCUT2D eigenvalue weighted by Crippen LogP contribution is -2.28. The predicted molar refractivity (Wildman–Crippen MR) is 60.6 cm³/mol. The Morgan fingerprint density at radius 2 is 2.00 bits per heavy atom. The second-order valence-corrected chi connectivity index (χ2v) is 3.06. The van der Waals surface area contributed by atoms with Gasteiger partial charge < -0.3 is 9.64 Å². The van der Waals surface area contributed by atoms with Crippen LogP contribution in [0.5, 0.6) is 0 Å². The van der Waals surface area contributed by atoms with Gasteiger partial charge in [-0.1, -0.05) is 24.8 Å². The first-order chi connectivity index (χ1) is 7.16. The highest BCUT2D eigenvalue weighted by Gasteiger charge is 2.14. The number of benzene rings is 1. The number of carbonyl (C=O) groups is 1. The molecule has 0 radical (unpaired) electrons. The second-order valence-electron chi connectivity index (χ2n) is 3.06. The van der Waals surface area contributed by atoms with Crippen molar-refractivity contribution >= 4 is 11.6 Å². The topological polar surface area (TPSA) is 29.5 Å². The molecule has 0 saturated heterocycles. The summed E-state index contributed by atoms with van der Waals surface area (Å²) in [6.07, 6.45) is 0. The molecule has 0 heterocycles. The SMILES string of the molecule is C=C(OCC)C(=O)N(C)c1ccccc1. The van der Waals surface area contributed by atoms with Crippen LogP contribution in [0.25, 0.3) is 0 Å². The summed E-state index contributed by atoms with van der Waals surface area (Å²) in [5.74, 6) is -0.0492. The highest BCUT2D eigenvalue weighted by Crippen LogP contribution is 2.13. The van der Waals surface area contributed by atoms with Gasteiger partial charge in [-0.3, -0.25) is 4.79 Å². The number of likely N-dealkylation sites (N-methyl/N-ethyl adjacent to an activating group) is 1. The van der Waals surface area contributed by atoms with E-state index in [9.17, 15) is 4.79 Å². The van der Waals surface area contributed by atoms with Crippen molar-refractivity contribution in [1.82, 2.24) is 0 Å². The highest BCUT2D eigenvalue weighted by atomic mass is 16.5. The summed E-state index contributed by atoms with van der Waals surface area (Å²) >= 11 is 0. The van der Waals surface area contributed by atoms with Gasteiger partial charge in [-0.25, -0.2) is 0 Å². The van der Waals surface area contributed by atoms with E-state index < -0.39 is 0 Å². The van der Waals surface area contributed by atoms with Crippen LogP contribution in [-0.2, 0) is 9.53 Å². The molecule has 0 fully saturated rings. The van der Waals surface area contributed by atoms with E-state index >= 15 is 0 Å². The van der Waals surface area contributed by atoms with Crippen LogP contribution >= 0.6 is 0 Å². The average molecular weight is 205 g/mol. The first-order valence-corrected chi connectivity index (χ1v) is 4.81. The fourth-order valence-electron chi connectivity index (χ4n) is 1.19. The van der Waals surface area contributed by atoms with Crippen molar-refractivity contribution in [3.8, 4) is 0 Å². The molecule has 1 aromatic carbocycles. The maximum atomic E-state index is 11.7. The molecule has 0 aliphatic carbocycles. The van der Waals surface area contributed by atoms with Gasteiger partial charge in [0, 0.05) is 12.7 Å². The van der Waals surface area contributed by atoms with E-state index in [4.69, 9.17) is 4.74 Å². The molecule has 0 unspecified atom stereocenters. The van der Waals surface area contributed by atoms with E-state index in [1.165, 1.54) is 4.90 Å². The van der Waals surface area contributed by atoms with Gasteiger partial charge in [-0.05, 0) is 19.1 Å². The Bertz CT molecular complexity index is 346. The van der Waals surface area contributed by atoms with Crippen molar-refractivity contribution < 1.29 is 9.53 Å². The van der Waals surface area contributed by atoms with Crippen LogP contribution in [-0.4, -0.2) is 19.6 Å². The molecule has 0 aromatic heterocycles. The standard InChI is InChI=1S/C12H15NO2/c1-4-15-10(2)12(14)13(3)11-8-6-5-7-9-11/h5-9H,2,4H2,1,3H3. The zero-order valence-corrected chi connectivity index (χ0v) is 9.06. The van der Waals surface area contributed by atoms with Gasteiger partial charge in [0.15, 0.2) is 5.76 Å². The molecule has 0 spiro atoms. The number of amides is 1. The number of anilines is 1. The van der Waals surface area contributed by atoms with Crippen molar-refractivity contribution in [2.24, 2.45) is 0 Å². The van der Waals surface area contributed by atoms with E-state index in [1.54, 1.807) is 7.05 Å². The Labute approximate surface area is 90.0 Å². The van der Waals surface area contributed by atoms with Gasteiger partial charge in [0.1, 0.15) is 0 Å². The number of para-hydroxylation sites is 1. The minimum absolute atomic E-state index is 0.170. The van der Waals surface area contributed by atoms with Gasteiger partial charge in [0.2, 0.25) is 0 Å². The molecular weight excluding hydrogens is 190 g/mol. The Kier molecular flexibility index (Phi) is 3.92. The molecule has 0 atom stereocenters. The van der Waals surface area contributed by atoms with Gasteiger partial charge >= 0.3 is 0 Å². The molecule has 3 nitrogen and oxygen atoms in total. The average Bonchev–Trinajstić information content (AvgIpc) is 2.28. The molecule has 80 valence electrons. The molecule has 1 rings (SSSR count). The number of hydrogen-bond donors (Lipinski definition) is 0. The summed E-state index contributed by atoms with van der Waals surface area (Å²) in [6.45, 7) is 5.85. The van der Waals surface area contributed by atoms with Crippen molar-refractivity contribution in [3.05, 3.63) is 42.7 Å². The van der Waals surface area contributed by atoms with Crippen LogP contribution in [0.3, 0.4) is 0 Å². The zero-order valence-electron chi connectivity index (χ0n) is 9.06. The summed E-state index contributed by atoms with van der Waals surface area (Å²) in [5, 5.41) is 0. The van der Waals surface area contributed by atoms with E-state index in [2.05, 4.69) is 6.58 Å². The number of ether oxygens (including phenoxy) is 1. The summed E-state index contributed by atoms with van der Waals surface area (Å²) in [4.78, 5) is 13.2. The third kappa shape index (κ3) is 2.84. The molecule has 0 N–H and O–H groups in total. The molecule has 1 aromatic rings. The largest absolute Gasteiger partial charge is 0.489 e. The maximum Gasteiger partial charge on any atom is 0.292 e. The molecule has 0 aliphatic rings. The third-order valence-corrected chi connectivity index (χ3v) is 2.01. The number of nitrogens with zero attached hydrogens (tertiary/aromatic N) is 1.